The van der Waals surface area contributed by atoms with Crippen molar-refractivity contribution in [3.63, 3.8) is 0 Å². The fraction of sp³-hybridized carbons (Fsp3) is 0.250. The van der Waals surface area contributed by atoms with Gasteiger partial charge < -0.3 is 0 Å². The SMILES string of the molecule is Cc1ccc(C)c(/C=N\n2c(C)n[nH]c2=S)c1. The zero-order chi connectivity index (χ0) is 12.4. The lowest BCUT2D eigenvalue weighted by Gasteiger charge is -2.01. The van der Waals surface area contributed by atoms with Gasteiger partial charge in [-0.25, -0.2) is 0 Å². The summed E-state index contributed by atoms with van der Waals surface area (Å²) in [6, 6.07) is 6.26. The molecule has 2 rings (SSSR count). The molecule has 0 aliphatic rings. The van der Waals surface area contributed by atoms with Crippen molar-refractivity contribution in [1.82, 2.24) is 14.9 Å². The quantitative estimate of drug-likeness (QED) is 0.654. The second-order valence-electron chi connectivity index (χ2n) is 3.99. The van der Waals surface area contributed by atoms with Crippen LogP contribution in [-0.4, -0.2) is 21.1 Å². The molecule has 0 radical (unpaired) electrons. The van der Waals surface area contributed by atoms with E-state index < -0.39 is 0 Å². The molecule has 17 heavy (non-hydrogen) atoms. The summed E-state index contributed by atoms with van der Waals surface area (Å²) in [7, 11) is 0. The van der Waals surface area contributed by atoms with Gasteiger partial charge in [0.05, 0.1) is 6.21 Å². The second kappa shape index (κ2) is 4.63. The van der Waals surface area contributed by atoms with Crippen molar-refractivity contribution in [2.45, 2.75) is 20.8 Å². The molecule has 0 saturated heterocycles. The molecule has 0 atom stereocenters. The van der Waals surface area contributed by atoms with E-state index >= 15 is 0 Å². The summed E-state index contributed by atoms with van der Waals surface area (Å²) in [6.07, 6.45) is 1.81. The van der Waals surface area contributed by atoms with Crippen LogP contribution in [0, 0.1) is 25.5 Å². The second-order valence-corrected chi connectivity index (χ2v) is 4.38. The number of aromatic amines is 1. The Morgan fingerprint density at radius 1 is 1.35 bits per heavy atom. The average molecular weight is 246 g/mol. The molecule has 0 aliphatic carbocycles. The highest BCUT2D eigenvalue weighted by atomic mass is 32.1. The molecule has 5 heteroatoms. The molecule has 1 N–H and O–H groups in total. The summed E-state index contributed by atoms with van der Waals surface area (Å²) in [5, 5.41) is 11.0. The normalized spacial score (nSPS) is 11.2. The molecular formula is C12H14N4S. The highest BCUT2D eigenvalue weighted by Gasteiger charge is 1.99. The number of aryl methyl sites for hydroxylation is 3. The molecule has 0 aliphatic heterocycles. The Kier molecular flexibility index (Phi) is 3.19. The number of rotatable bonds is 2. The van der Waals surface area contributed by atoms with E-state index in [-0.39, 0.29) is 0 Å². The van der Waals surface area contributed by atoms with Crippen molar-refractivity contribution in [3.8, 4) is 0 Å². The van der Waals surface area contributed by atoms with Crippen LogP contribution < -0.4 is 0 Å². The molecule has 0 unspecified atom stereocenters. The smallest absolute Gasteiger partial charge is 0.216 e. The van der Waals surface area contributed by atoms with Crippen molar-refractivity contribution in [3.05, 3.63) is 45.5 Å². The summed E-state index contributed by atoms with van der Waals surface area (Å²) < 4.78 is 2.11. The van der Waals surface area contributed by atoms with Gasteiger partial charge in [-0.05, 0) is 44.1 Å². The zero-order valence-electron chi connectivity index (χ0n) is 10.1. The van der Waals surface area contributed by atoms with Crippen molar-refractivity contribution in [2.75, 3.05) is 0 Å². The summed E-state index contributed by atoms with van der Waals surface area (Å²) in [5.41, 5.74) is 3.49. The van der Waals surface area contributed by atoms with Gasteiger partial charge in [-0.3, -0.25) is 5.10 Å². The van der Waals surface area contributed by atoms with Crippen LogP contribution in [0.4, 0.5) is 0 Å². The number of nitrogens with zero attached hydrogens (tertiary/aromatic N) is 3. The monoisotopic (exact) mass is 246 g/mol. The van der Waals surface area contributed by atoms with Crippen LogP contribution in [0.25, 0.3) is 0 Å². The summed E-state index contributed by atoms with van der Waals surface area (Å²) in [5.74, 6) is 0.747. The molecular weight excluding hydrogens is 232 g/mol. The summed E-state index contributed by atoms with van der Waals surface area (Å²) in [6.45, 7) is 5.97. The van der Waals surface area contributed by atoms with E-state index in [0.717, 1.165) is 11.4 Å². The van der Waals surface area contributed by atoms with Crippen LogP contribution in [0.1, 0.15) is 22.5 Å². The highest BCUT2D eigenvalue weighted by molar-refractivity contribution is 7.71. The van der Waals surface area contributed by atoms with E-state index in [1.807, 2.05) is 6.92 Å². The van der Waals surface area contributed by atoms with Gasteiger partial charge in [0.15, 0.2) is 0 Å². The molecule has 0 fully saturated rings. The van der Waals surface area contributed by atoms with E-state index in [1.54, 1.807) is 10.9 Å². The Morgan fingerprint density at radius 2 is 2.12 bits per heavy atom. The molecule has 2 aromatic rings. The minimum Gasteiger partial charge on any atom is -0.250 e. The lowest BCUT2D eigenvalue weighted by atomic mass is 10.1. The van der Waals surface area contributed by atoms with E-state index in [1.165, 1.54) is 11.1 Å². The van der Waals surface area contributed by atoms with Crippen LogP contribution in [0.15, 0.2) is 23.3 Å². The molecule has 1 heterocycles. The first-order valence-electron chi connectivity index (χ1n) is 5.33. The Hall–Kier alpha value is -1.75. The minimum atomic E-state index is 0.504. The van der Waals surface area contributed by atoms with Crippen LogP contribution in [0.2, 0.25) is 0 Å². The topological polar surface area (TPSA) is 46.0 Å². The number of benzene rings is 1. The van der Waals surface area contributed by atoms with Gasteiger partial charge in [0.1, 0.15) is 5.82 Å². The summed E-state index contributed by atoms with van der Waals surface area (Å²) >= 11 is 5.08. The van der Waals surface area contributed by atoms with E-state index in [4.69, 9.17) is 12.2 Å². The van der Waals surface area contributed by atoms with E-state index in [2.05, 4.69) is 47.3 Å². The Bertz CT molecular complexity index is 622. The third-order valence-corrected chi connectivity index (χ3v) is 2.82. The van der Waals surface area contributed by atoms with Gasteiger partial charge in [-0.2, -0.15) is 14.9 Å². The molecule has 0 saturated carbocycles. The molecule has 0 amide bonds. The zero-order valence-corrected chi connectivity index (χ0v) is 10.9. The molecule has 0 spiro atoms. The fourth-order valence-electron chi connectivity index (χ4n) is 1.53. The van der Waals surface area contributed by atoms with E-state index in [9.17, 15) is 0 Å². The van der Waals surface area contributed by atoms with Crippen molar-refractivity contribution in [2.24, 2.45) is 5.10 Å². The molecule has 88 valence electrons. The summed E-state index contributed by atoms with van der Waals surface area (Å²) in [4.78, 5) is 0. The van der Waals surface area contributed by atoms with Gasteiger partial charge in [0.2, 0.25) is 4.77 Å². The van der Waals surface area contributed by atoms with Crippen LogP contribution in [0.5, 0.6) is 0 Å². The van der Waals surface area contributed by atoms with Gasteiger partial charge >= 0.3 is 0 Å². The Morgan fingerprint density at radius 3 is 2.76 bits per heavy atom. The first-order chi connectivity index (χ1) is 8.08. The van der Waals surface area contributed by atoms with Crippen LogP contribution in [-0.2, 0) is 0 Å². The Balaban J connectivity index is 2.39. The standard InChI is InChI=1S/C12H14N4S/c1-8-4-5-9(2)11(6-8)7-13-16-10(3)14-15-12(16)17/h4-7H,1-3H3,(H,15,17)/b13-7-. The van der Waals surface area contributed by atoms with Gasteiger partial charge in [0.25, 0.3) is 0 Å². The fourth-order valence-corrected chi connectivity index (χ4v) is 1.75. The first kappa shape index (κ1) is 11.7. The molecule has 0 bridgehead atoms. The first-order valence-corrected chi connectivity index (χ1v) is 5.74. The maximum atomic E-state index is 5.08. The number of hydrogen-bond acceptors (Lipinski definition) is 3. The number of nitrogens with one attached hydrogen (secondary N) is 1. The maximum absolute atomic E-state index is 5.08. The Labute approximate surface area is 105 Å². The third-order valence-electron chi connectivity index (χ3n) is 2.56. The molecule has 1 aromatic carbocycles. The van der Waals surface area contributed by atoms with Crippen LogP contribution >= 0.6 is 12.2 Å². The molecule has 4 nitrogen and oxygen atoms in total. The van der Waals surface area contributed by atoms with Gasteiger partial charge in [-0.15, -0.1) is 0 Å². The predicted octanol–water partition coefficient (Wildman–Crippen LogP) is 2.75. The highest BCUT2D eigenvalue weighted by Crippen LogP contribution is 2.08. The van der Waals surface area contributed by atoms with Gasteiger partial charge in [-0.1, -0.05) is 23.8 Å². The van der Waals surface area contributed by atoms with Crippen molar-refractivity contribution >= 4 is 18.4 Å². The van der Waals surface area contributed by atoms with Crippen molar-refractivity contribution < 1.29 is 0 Å². The number of aromatic nitrogens is 3. The van der Waals surface area contributed by atoms with Gasteiger partial charge in [0, 0.05) is 0 Å². The third kappa shape index (κ3) is 2.50. The average Bonchev–Trinajstić information content (AvgIpc) is 2.61. The lowest BCUT2D eigenvalue weighted by Crippen LogP contribution is -1.95. The van der Waals surface area contributed by atoms with Crippen molar-refractivity contribution in [1.29, 1.82) is 0 Å². The maximum Gasteiger partial charge on any atom is 0.216 e. The largest absolute Gasteiger partial charge is 0.250 e. The minimum absolute atomic E-state index is 0.504. The molecule has 1 aromatic heterocycles. The van der Waals surface area contributed by atoms with E-state index in [0.29, 0.717) is 4.77 Å². The predicted molar refractivity (Wildman–Crippen MR) is 71.1 cm³/mol. The lowest BCUT2D eigenvalue weighted by molar-refractivity contribution is 0.820. The number of H-pyrrole nitrogens is 1. The van der Waals surface area contributed by atoms with Crippen LogP contribution in [0.3, 0.4) is 0 Å². The number of hydrogen-bond donors (Lipinski definition) is 1.